The first-order chi connectivity index (χ1) is 19.9. The number of carboxylic acid groups (broad SMARTS) is 1. The fraction of sp³-hybridized carbons (Fsp3) is 0.281. The van der Waals surface area contributed by atoms with Gasteiger partial charge in [-0.2, -0.15) is 0 Å². The van der Waals surface area contributed by atoms with E-state index < -0.39 is 17.6 Å². The molecule has 5 rings (SSSR count). The summed E-state index contributed by atoms with van der Waals surface area (Å²) >= 11 is 1.41. The second-order valence-electron chi connectivity index (χ2n) is 10.3. The summed E-state index contributed by atoms with van der Waals surface area (Å²) in [5, 5.41) is 13.9. The predicted molar refractivity (Wildman–Crippen MR) is 157 cm³/mol. The number of carbonyl (C=O) groups is 2. The Hall–Kier alpha value is -4.11. The molecule has 41 heavy (non-hydrogen) atoms. The molecule has 4 aromatic rings. The van der Waals surface area contributed by atoms with Gasteiger partial charge in [0, 0.05) is 28.7 Å². The molecule has 0 radical (unpaired) electrons. The van der Waals surface area contributed by atoms with Crippen molar-refractivity contribution in [1.82, 2.24) is 10.3 Å². The molecule has 0 bridgehead atoms. The van der Waals surface area contributed by atoms with Crippen LogP contribution in [0.5, 0.6) is 0 Å². The van der Waals surface area contributed by atoms with E-state index in [1.165, 1.54) is 55.1 Å². The third-order valence-electron chi connectivity index (χ3n) is 7.40. The van der Waals surface area contributed by atoms with Crippen LogP contribution in [0.3, 0.4) is 0 Å². The highest BCUT2D eigenvalue weighted by Gasteiger charge is 2.19. The predicted octanol–water partition coefficient (Wildman–Crippen LogP) is 7.68. The van der Waals surface area contributed by atoms with Gasteiger partial charge in [-0.25, -0.2) is 13.8 Å². The zero-order valence-corrected chi connectivity index (χ0v) is 23.3. The Balaban J connectivity index is 1.39. The number of aliphatic carboxylic acids is 1. The van der Waals surface area contributed by atoms with Crippen molar-refractivity contribution in [3.8, 4) is 11.3 Å². The Labute approximate surface area is 241 Å². The van der Waals surface area contributed by atoms with E-state index in [-0.39, 0.29) is 18.9 Å². The Bertz CT molecular complexity index is 1500. The molecule has 2 N–H and O–H groups in total. The van der Waals surface area contributed by atoms with E-state index in [9.17, 15) is 18.4 Å². The summed E-state index contributed by atoms with van der Waals surface area (Å²) in [5.74, 6) is -2.53. The van der Waals surface area contributed by atoms with Gasteiger partial charge in [0.25, 0.3) is 5.91 Å². The molecule has 6 nitrogen and oxygen atoms in total. The average Bonchev–Trinajstić information content (AvgIpc) is 3.48. The average molecular weight is 576 g/mol. The molecule has 0 aliphatic heterocycles. The molecule has 1 aromatic heterocycles. The van der Waals surface area contributed by atoms with Gasteiger partial charge in [-0.3, -0.25) is 9.59 Å². The Morgan fingerprint density at radius 1 is 0.951 bits per heavy atom. The summed E-state index contributed by atoms with van der Waals surface area (Å²) in [6.45, 7) is 0.527. The van der Waals surface area contributed by atoms with Crippen LogP contribution in [0.1, 0.15) is 65.9 Å². The van der Waals surface area contributed by atoms with E-state index >= 15 is 0 Å². The van der Waals surface area contributed by atoms with Gasteiger partial charge >= 0.3 is 5.97 Å². The molecule has 1 aliphatic carbocycles. The molecule has 1 saturated carbocycles. The minimum atomic E-state index is -0.970. The van der Waals surface area contributed by atoms with Gasteiger partial charge in [-0.05, 0) is 72.4 Å². The summed E-state index contributed by atoms with van der Waals surface area (Å²) in [7, 11) is 0. The first kappa shape index (κ1) is 28.4. The van der Waals surface area contributed by atoms with Gasteiger partial charge in [0.1, 0.15) is 0 Å². The van der Waals surface area contributed by atoms with Gasteiger partial charge in [-0.1, -0.05) is 43.5 Å². The van der Waals surface area contributed by atoms with Crippen LogP contribution in [0.4, 0.5) is 19.6 Å². The molecule has 0 spiro atoms. The van der Waals surface area contributed by atoms with E-state index in [0.717, 1.165) is 23.4 Å². The van der Waals surface area contributed by atoms with Crippen molar-refractivity contribution in [3.63, 3.8) is 0 Å². The summed E-state index contributed by atoms with van der Waals surface area (Å²) in [6.07, 6.45) is 6.11. The second-order valence-corrected chi connectivity index (χ2v) is 11.1. The molecule has 212 valence electrons. The van der Waals surface area contributed by atoms with Crippen LogP contribution in [0.15, 0.2) is 72.1 Å². The van der Waals surface area contributed by atoms with Crippen LogP contribution in [-0.2, 0) is 11.3 Å². The lowest BCUT2D eigenvalue weighted by atomic mass is 9.84. The fourth-order valence-electron chi connectivity index (χ4n) is 5.14. The fourth-order valence-corrected chi connectivity index (χ4v) is 5.99. The van der Waals surface area contributed by atoms with Crippen molar-refractivity contribution < 1.29 is 23.5 Å². The molecule has 0 saturated heterocycles. The van der Waals surface area contributed by atoms with Crippen molar-refractivity contribution in [2.45, 2.75) is 51.0 Å². The highest BCUT2D eigenvalue weighted by Crippen LogP contribution is 2.37. The van der Waals surface area contributed by atoms with E-state index in [1.54, 1.807) is 12.1 Å². The first-order valence-corrected chi connectivity index (χ1v) is 14.6. The van der Waals surface area contributed by atoms with Gasteiger partial charge < -0.3 is 15.3 Å². The zero-order chi connectivity index (χ0) is 28.8. The molecule has 1 heterocycles. The van der Waals surface area contributed by atoms with Gasteiger partial charge in [0.2, 0.25) is 0 Å². The number of hydrogen-bond acceptors (Lipinski definition) is 5. The number of nitrogens with zero attached hydrogens (tertiary/aromatic N) is 2. The van der Waals surface area contributed by atoms with Crippen molar-refractivity contribution in [2.24, 2.45) is 0 Å². The van der Waals surface area contributed by atoms with E-state index in [4.69, 9.17) is 10.1 Å². The number of thiazole rings is 1. The smallest absolute Gasteiger partial charge is 0.305 e. The van der Waals surface area contributed by atoms with E-state index in [2.05, 4.69) is 34.5 Å². The van der Waals surface area contributed by atoms with Crippen LogP contribution >= 0.6 is 11.3 Å². The maximum Gasteiger partial charge on any atom is 0.305 e. The largest absolute Gasteiger partial charge is 0.481 e. The summed E-state index contributed by atoms with van der Waals surface area (Å²) < 4.78 is 27.4. The van der Waals surface area contributed by atoms with Crippen molar-refractivity contribution in [1.29, 1.82) is 0 Å². The highest BCUT2D eigenvalue weighted by atomic mass is 32.1. The molecular weight excluding hydrogens is 544 g/mol. The molecule has 9 heteroatoms. The highest BCUT2D eigenvalue weighted by molar-refractivity contribution is 7.14. The maximum absolute atomic E-state index is 13.9. The second kappa shape index (κ2) is 13.0. The number of carbonyl (C=O) groups excluding carboxylic acids is 1. The lowest BCUT2D eigenvalue weighted by Gasteiger charge is -2.25. The van der Waals surface area contributed by atoms with E-state index in [0.29, 0.717) is 34.4 Å². The molecule has 1 aliphatic rings. The van der Waals surface area contributed by atoms with Crippen LogP contribution in [0.2, 0.25) is 0 Å². The summed E-state index contributed by atoms with van der Waals surface area (Å²) in [6, 6.07) is 19.5. The van der Waals surface area contributed by atoms with Crippen LogP contribution in [-0.4, -0.2) is 28.5 Å². The number of aromatic nitrogens is 1. The normalized spacial score (nSPS) is 13.6. The lowest BCUT2D eigenvalue weighted by molar-refractivity contribution is -0.136. The number of rotatable bonds is 10. The van der Waals surface area contributed by atoms with Crippen LogP contribution in [0.25, 0.3) is 11.3 Å². The SMILES string of the molecule is O=C(O)CCNC(=O)c1ccc(CN(c2ccc(C3CCCCC3)cc2)c2nc(-c3ccc(F)c(F)c3)cs2)cc1. The molecule has 1 amide bonds. The molecular formula is C32H31F2N3O3S. The minimum Gasteiger partial charge on any atom is -0.481 e. The van der Waals surface area contributed by atoms with Crippen LogP contribution in [0, 0.1) is 11.6 Å². The first-order valence-electron chi connectivity index (χ1n) is 13.7. The topological polar surface area (TPSA) is 82.5 Å². The van der Waals surface area contributed by atoms with E-state index in [1.807, 2.05) is 17.5 Å². The molecule has 0 unspecified atom stereocenters. The number of amides is 1. The number of anilines is 2. The Morgan fingerprint density at radius 3 is 2.37 bits per heavy atom. The quantitative estimate of drug-likeness (QED) is 0.203. The van der Waals surface area contributed by atoms with Crippen molar-refractivity contribution in [3.05, 3.63) is 100 Å². The minimum absolute atomic E-state index is 0.0604. The number of hydrogen-bond donors (Lipinski definition) is 2. The van der Waals surface area contributed by atoms with Crippen molar-refractivity contribution >= 4 is 34.0 Å². The number of carboxylic acids is 1. The number of benzene rings is 3. The maximum atomic E-state index is 13.9. The van der Waals surface area contributed by atoms with Crippen molar-refractivity contribution in [2.75, 3.05) is 11.4 Å². The Morgan fingerprint density at radius 2 is 1.68 bits per heavy atom. The standard InChI is InChI=1S/C32H31F2N3O3S/c33-27-15-12-25(18-28(27)34)29-20-41-32(36-29)37(26-13-10-23(11-14-26)22-4-2-1-3-5-22)19-21-6-8-24(9-7-21)31(40)35-17-16-30(38)39/h6-15,18,20,22H,1-5,16-17,19H2,(H,35,40)(H,38,39). The lowest BCUT2D eigenvalue weighted by Crippen LogP contribution is -2.26. The van der Waals surface area contributed by atoms with Crippen LogP contribution < -0.4 is 10.2 Å². The summed E-state index contributed by atoms with van der Waals surface area (Å²) in [5.41, 5.74) is 4.73. The third-order valence-corrected chi connectivity index (χ3v) is 8.26. The third kappa shape index (κ3) is 7.16. The summed E-state index contributed by atoms with van der Waals surface area (Å²) in [4.78, 5) is 29.9. The number of nitrogens with one attached hydrogen (secondary N) is 1. The molecule has 3 aromatic carbocycles. The van der Waals surface area contributed by atoms with Gasteiger partial charge in [0.15, 0.2) is 16.8 Å². The molecule has 0 atom stereocenters. The molecule has 1 fully saturated rings. The van der Waals surface area contributed by atoms with Gasteiger partial charge in [-0.15, -0.1) is 11.3 Å². The monoisotopic (exact) mass is 575 g/mol. The number of halogens is 2. The Kier molecular flexibility index (Phi) is 9.04. The van der Waals surface area contributed by atoms with Gasteiger partial charge in [0.05, 0.1) is 18.7 Å². The zero-order valence-electron chi connectivity index (χ0n) is 22.5.